The average molecular weight is 327 g/mol. The SMILES string of the molecule is COCc1ccccc1NC(N)=NCc1ccc(C(=O)OC)cc1. The number of nitrogens with two attached hydrogens (primary N) is 1. The lowest BCUT2D eigenvalue weighted by atomic mass is 10.1. The molecule has 0 aliphatic heterocycles. The van der Waals surface area contributed by atoms with E-state index in [2.05, 4.69) is 15.0 Å². The fourth-order valence-electron chi connectivity index (χ4n) is 2.14. The van der Waals surface area contributed by atoms with Gasteiger partial charge in [-0.15, -0.1) is 0 Å². The highest BCUT2D eigenvalue weighted by molar-refractivity contribution is 5.93. The minimum absolute atomic E-state index is 0.315. The second-order valence-corrected chi connectivity index (χ2v) is 5.11. The number of ether oxygens (including phenoxy) is 2. The number of carbonyl (C=O) groups excluding carboxylic acids is 1. The number of guanidine groups is 1. The number of hydrogen-bond acceptors (Lipinski definition) is 4. The number of carbonyl (C=O) groups is 1. The number of hydrogen-bond donors (Lipinski definition) is 2. The van der Waals surface area contributed by atoms with Gasteiger partial charge < -0.3 is 20.5 Å². The third kappa shape index (κ3) is 4.82. The molecule has 0 bridgehead atoms. The van der Waals surface area contributed by atoms with Crippen molar-refractivity contribution in [2.45, 2.75) is 13.2 Å². The van der Waals surface area contributed by atoms with Crippen molar-refractivity contribution in [1.82, 2.24) is 0 Å². The van der Waals surface area contributed by atoms with Crippen LogP contribution in [0.15, 0.2) is 53.5 Å². The summed E-state index contributed by atoms with van der Waals surface area (Å²) in [5.41, 5.74) is 9.25. The van der Waals surface area contributed by atoms with Crippen LogP contribution >= 0.6 is 0 Å². The zero-order chi connectivity index (χ0) is 17.4. The second kappa shape index (κ2) is 8.69. The maximum absolute atomic E-state index is 11.4. The Morgan fingerprint density at radius 2 is 1.83 bits per heavy atom. The Kier molecular flexibility index (Phi) is 6.33. The van der Waals surface area contributed by atoms with E-state index in [1.54, 1.807) is 19.2 Å². The molecule has 2 aromatic carbocycles. The molecule has 0 aromatic heterocycles. The van der Waals surface area contributed by atoms with Crippen LogP contribution in [0.4, 0.5) is 5.69 Å². The van der Waals surface area contributed by atoms with E-state index in [-0.39, 0.29) is 5.97 Å². The van der Waals surface area contributed by atoms with Gasteiger partial charge in [-0.05, 0) is 23.8 Å². The molecular formula is C18H21N3O3. The largest absolute Gasteiger partial charge is 0.465 e. The number of methoxy groups -OCH3 is 2. The van der Waals surface area contributed by atoms with Gasteiger partial charge in [0.2, 0.25) is 0 Å². The van der Waals surface area contributed by atoms with Crippen molar-refractivity contribution >= 4 is 17.6 Å². The Balaban J connectivity index is 2.00. The Labute approximate surface area is 141 Å². The summed E-state index contributed by atoms with van der Waals surface area (Å²) in [4.78, 5) is 15.7. The molecule has 0 saturated heterocycles. The Hall–Kier alpha value is -2.86. The van der Waals surface area contributed by atoms with Crippen LogP contribution in [0.25, 0.3) is 0 Å². The second-order valence-electron chi connectivity index (χ2n) is 5.11. The molecule has 2 rings (SSSR count). The molecule has 126 valence electrons. The lowest BCUT2D eigenvalue weighted by Gasteiger charge is -2.10. The smallest absolute Gasteiger partial charge is 0.337 e. The van der Waals surface area contributed by atoms with Crippen molar-refractivity contribution < 1.29 is 14.3 Å². The summed E-state index contributed by atoms with van der Waals surface area (Å²) < 4.78 is 9.83. The zero-order valence-electron chi connectivity index (χ0n) is 13.8. The highest BCUT2D eigenvalue weighted by Crippen LogP contribution is 2.15. The van der Waals surface area contributed by atoms with E-state index in [0.717, 1.165) is 16.8 Å². The molecule has 0 aliphatic rings. The first kappa shape index (κ1) is 17.5. The van der Waals surface area contributed by atoms with Crippen LogP contribution in [0, 0.1) is 0 Å². The standard InChI is InChI=1S/C18H21N3O3/c1-23-12-15-5-3-4-6-16(15)21-18(19)20-11-13-7-9-14(10-8-13)17(22)24-2/h3-10H,11-12H2,1-2H3,(H3,19,20,21). The summed E-state index contributed by atoms with van der Waals surface area (Å²) in [5.74, 6) is -0.0448. The molecule has 24 heavy (non-hydrogen) atoms. The van der Waals surface area contributed by atoms with E-state index in [9.17, 15) is 4.79 Å². The number of esters is 1. The Bertz CT molecular complexity index is 712. The van der Waals surface area contributed by atoms with Gasteiger partial charge in [0.25, 0.3) is 0 Å². The van der Waals surface area contributed by atoms with E-state index < -0.39 is 0 Å². The normalized spacial score (nSPS) is 11.2. The van der Waals surface area contributed by atoms with Crippen molar-refractivity contribution in [3.05, 3.63) is 65.2 Å². The summed E-state index contributed by atoms with van der Waals surface area (Å²) in [6.45, 7) is 0.901. The summed E-state index contributed by atoms with van der Waals surface area (Å²) >= 11 is 0. The van der Waals surface area contributed by atoms with E-state index in [1.165, 1.54) is 7.11 Å². The van der Waals surface area contributed by atoms with Crippen molar-refractivity contribution in [2.24, 2.45) is 10.7 Å². The van der Waals surface area contributed by atoms with E-state index >= 15 is 0 Å². The van der Waals surface area contributed by atoms with Gasteiger partial charge in [-0.25, -0.2) is 9.79 Å². The van der Waals surface area contributed by atoms with Crippen LogP contribution in [0.5, 0.6) is 0 Å². The summed E-state index contributed by atoms with van der Waals surface area (Å²) in [5, 5.41) is 3.08. The quantitative estimate of drug-likeness (QED) is 0.484. The topological polar surface area (TPSA) is 85.9 Å². The van der Waals surface area contributed by atoms with E-state index in [1.807, 2.05) is 36.4 Å². The fraction of sp³-hybridized carbons (Fsp3) is 0.222. The van der Waals surface area contributed by atoms with Crippen LogP contribution in [0.1, 0.15) is 21.5 Å². The van der Waals surface area contributed by atoms with Gasteiger partial charge in [-0.3, -0.25) is 0 Å². The molecule has 0 aliphatic carbocycles. The monoisotopic (exact) mass is 327 g/mol. The molecule has 2 aromatic rings. The predicted octanol–water partition coefficient (Wildman–Crippen LogP) is 2.55. The molecular weight excluding hydrogens is 306 g/mol. The van der Waals surface area contributed by atoms with Crippen LogP contribution in [0.2, 0.25) is 0 Å². The van der Waals surface area contributed by atoms with Gasteiger partial charge in [0.15, 0.2) is 5.96 Å². The zero-order valence-corrected chi connectivity index (χ0v) is 13.8. The molecule has 0 atom stereocenters. The van der Waals surface area contributed by atoms with E-state index in [0.29, 0.717) is 24.7 Å². The van der Waals surface area contributed by atoms with Gasteiger partial charge in [-0.1, -0.05) is 30.3 Å². The Morgan fingerprint density at radius 1 is 1.12 bits per heavy atom. The average Bonchev–Trinajstić information content (AvgIpc) is 2.61. The van der Waals surface area contributed by atoms with Crippen LogP contribution in [0.3, 0.4) is 0 Å². The lowest BCUT2D eigenvalue weighted by Crippen LogP contribution is -2.23. The number of aliphatic imine (C=N–C) groups is 1. The Morgan fingerprint density at radius 3 is 2.50 bits per heavy atom. The van der Waals surface area contributed by atoms with E-state index in [4.69, 9.17) is 10.5 Å². The van der Waals surface area contributed by atoms with Crippen molar-refractivity contribution in [3.8, 4) is 0 Å². The maximum atomic E-state index is 11.4. The number of benzene rings is 2. The first-order valence-corrected chi connectivity index (χ1v) is 7.45. The number of nitrogens with one attached hydrogen (secondary N) is 1. The highest BCUT2D eigenvalue weighted by atomic mass is 16.5. The molecule has 6 nitrogen and oxygen atoms in total. The minimum atomic E-state index is -0.360. The number of rotatable bonds is 6. The molecule has 0 unspecified atom stereocenters. The first-order valence-electron chi connectivity index (χ1n) is 7.45. The van der Waals surface area contributed by atoms with Crippen molar-refractivity contribution in [2.75, 3.05) is 19.5 Å². The minimum Gasteiger partial charge on any atom is -0.465 e. The molecule has 0 fully saturated rings. The first-order chi connectivity index (χ1) is 11.6. The van der Waals surface area contributed by atoms with Crippen molar-refractivity contribution in [3.63, 3.8) is 0 Å². The molecule has 0 heterocycles. The highest BCUT2D eigenvalue weighted by Gasteiger charge is 2.05. The number of para-hydroxylation sites is 1. The molecule has 0 spiro atoms. The molecule has 0 amide bonds. The molecule has 0 saturated carbocycles. The summed E-state index contributed by atoms with van der Waals surface area (Å²) in [7, 11) is 3.00. The van der Waals surface area contributed by atoms with Gasteiger partial charge in [-0.2, -0.15) is 0 Å². The fourth-order valence-corrected chi connectivity index (χ4v) is 2.14. The number of nitrogens with zero attached hydrogens (tertiary/aromatic N) is 1. The van der Waals surface area contributed by atoms with Crippen LogP contribution in [-0.4, -0.2) is 26.1 Å². The van der Waals surface area contributed by atoms with Gasteiger partial charge in [0.05, 0.1) is 25.8 Å². The van der Waals surface area contributed by atoms with Gasteiger partial charge in [0, 0.05) is 18.4 Å². The number of anilines is 1. The molecule has 0 radical (unpaired) electrons. The third-order valence-electron chi connectivity index (χ3n) is 3.39. The van der Waals surface area contributed by atoms with Crippen molar-refractivity contribution in [1.29, 1.82) is 0 Å². The van der Waals surface area contributed by atoms with Crippen LogP contribution in [-0.2, 0) is 22.6 Å². The summed E-state index contributed by atoms with van der Waals surface area (Å²) in [6.07, 6.45) is 0. The maximum Gasteiger partial charge on any atom is 0.337 e. The predicted molar refractivity (Wildman–Crippen MR) is 93.9 cm³/mol. The molecule has 3 N–H and O–H groups in total. The van der Waals surface area contributed by atoms with Gasteiger partial charge >= 0.3 is 5.97 Å². The third-order valence-corrected chi connectivity index (χ3v) is 3.39. The van der Waals surface area contributed by atoms with Gasteiger partial charge in [0.1, 0.15) is 0 Å². The summed E-state index contributed by atoms with van der Waals surface area (Å²) in [6, 6.07) is 14.8. The molecule has 6 heteroatoms. The lowest BCUT2D eigenvalue weighted by molar-refractivity contribution is 0.0600. The van der Waals surface area contributed by atoms with Crippen LogP contribution < -0.4 is 11.1 Å².